The summed E-state index contributed by atoms with van der Waals surface area (Å²) in [5.74, 6) is -0.501. The highest BCUT2D eigenvalue weighted by molar-refractivity contribution is 5.96. The van der Waals surface area contributed by atoms with E-state index in [1.165, 1.54) is 7.11 Å². The third-order valence-corrected chi connectivity index (χ3v) is 3.59. The summed E-state index contributed by atoms with van der Waals surface area (Å²) in [7, 11) is 3.24. The zero-order chi connectivity index (χ0) is 14.3. The number of nitrogens with one attached hydrogen (secondary N) is 1. The van der Waals surface area contributed by atoms with Crippen molar-refractivity contribution in [2.24, 2.45) is 7.05 Å². The molecular weight excluding hydrogens is 258 g/mol. The zero-order valence-corrected chi connectivity index (χ0v) is 11.5. The van der Waals surface area contributed by atoms with E-state index >= 15 is 0 Å². The van der Waals surface area contributed by atoms with Crippen molar-refractivity contribution in [3.8, 4) is 0 Å². The van der Waals surface area contributed by atoms with Crippen LogP contribution in [0.15, 0.2) is 18.3 Å². The number of ether oxygens (including phenoxy) is 1. The molecule has 0 radical (unpaired) electrons. The molecule has 1 fully saturated rings. The third-order valence-electron chi connectivity index (χ3n) is 3.59. The van der Waals surface area contributed by atoms with Crippen molar-refractivity contribution in [1.82, 2.24) is 14.5 Å². The van der Waals surface area contributed by atoms with Crippen molar-refractivity contribution in [2.45, 2.75) is 25.4 Å². The summed E-state index contributed by atoms with van der Waals surface area (Å²) in [4.78, 5) is 23.8. The van der Waals surface area contributed by atoms with E-state index in [0.717, 1.165) is 23.9 Å². The molecule has 6 heteroatoms. The van der Waals surface area contributed by atoms with Crippen LogP contribution in [0.4, 0.5) is 0 Å². The third kappa shape index (κ3) is 2.17. The number of aryl methyl sites for hydroxylation is 1. The predicted octanol–water partition coefficient (Wildman–Crippen LogP) is 1.04. The molecule has 0 aromatic carbocycles. The van der Waals surface area contributed by atoms with Gasteiger partial charge in [0.15, 0.2) is 0 Å². The van der Waals surface area contributed by atoms with E-state index in [9.17, 15) is 9.59 Å². The van der Waals surface area contributed by atoms with Gasteiger partial charge in [0, 0.05) is 19.3 Å². The van der Waals surface area contributed by atoms with Gasteiger partial charge in [-0.25, -0.2) is 4.79 Å². The van der Waals surface area contributed by atoms with E-state index in [4.69, 9.17) is 4.74 Å². The number of nitrogens with zero attached hydrogens (tertiary/aromatic N) is 2. The minimum absolute atomic E-state index is 0.0704. The van der Waals surface area contributed by atoms with Gasteiger partial charge in [-0.1, -0.05) is 0 Å². The molecule has 0 unspecified atom stereocenters. The van der Waals surface area contributed by atoms with Gasteiger partial charge in [-0.2, -0.15) is 0 Å². The van der Waals surface area contributed by atoms with Crippen LogP contribution >= 0.6 is 0 Å². The molecule has 0 spiro atoms. The molecule has 1 saturated carbocycles. The Morgan fingerprint density at radius 1 is 1.40 bits per heavy atom. The second kappa shape index (κ2) is 4.70. The zero-order valence-electron chi connectivity index (χ0n) is 11.5. The summed E-state index contributed by atoms with van der Waals surface area (Å²) in [5, 5.41) is 2.93. The lowest BCUT2D eigenvalue weighted by Gasteiger charge is -2.09. The normalized spacial score (nSPS) is 14.5. The maximum Gasteiger partial charge on any atom is 0.354 e. The van der Waals surface area contributed by atoms with Gasteiger partial charge in [-0.3, -0.25) is 4.79 Å². The van der Waals surface area contributed by atoms with Crippen molar-refractivity contribution < 1.29 is 14.3 Å². The molecule has 2 aromatic heterocycles. The SMILES string of the molecule is COC(=O)c1cc2c(ccn2C)n1CC(=O)NC1CC1. The Morgan fingerprint density at radius 3 is 2.80 bits per heavy atom. The number of hydrogen-bond acceptors (Lipinski definition) is 3. The molecule has 20 heavy (non-hydrogen) atoms. The fourth-order valence-corrected chi connectivity index (χ4v) is 2.36. The summed E-state index contributed by atoms with van der Waals surface area (Å²) in [5.41, 5.74) is 2.17. The molecule has 1 aliphatic rings. The van der Waals surface area contributed by atoms with Crippen LogP contribution in [0.2, 0.25) is 0 Å². The Balaban J connectivity index is 1.96. The number of carbonyl (C=O) groups excluding carboxylic acids is 2. The number of fused-ring (bicyclic) bond motifs is 1. The first-order chi connectivity index (χ1) is 9.60. The fourth-order valence-electron chi connectivity index (χ4n) is 2.36. The Bertz CT molecular complexity index is 679. The molecule has 0 atom stereocenters. The van der Waals surface area contributed by atoms with Crippen LogP contribution < -0.4 is 5.32 Å². The van der Waals surface area contributed by atoms with Crippen molar-refractivity contribution in [1.29, 1.82) is 0 Å². The summed E-state index contributed by atoms with van der Waals surface area (Å²) in [6, 6.07) is 3.96. The minimum Gasteiger partial charge on any atom is -0.464 e. The van der Waals surface area contributed by atoms with E-state index in [0.29, 0.717) is 11.7 Å². The standard InChI is InChI=1S/C14H17N3O3/c1-16-6-5-10-11(16)7-12(14(19)20-2)17(10)8-13(18)15-9-3-4-9/h5-7,9H,3-4,8H2,1-2H3,(H,15,18). The summed E-state index contributed by atoms with van der Waals surface area (Å²) < 4.78 is 8.41. The van der Waals surface area contributed by atoms with Crippen LogP contribution in [0.5, 0.6) is 0 Å². The highest BCUT2D eigenvalue weighted by Crippen LogP contribution is 2.22. The average molecular weight is 275 g/mol. The van der Waals surface area contributed by atoms with E-state index in [1.807, 2.05) is 23.9 Å². The van der Waals surface area contributed by atoms with Gasteiger partial charge in [0.05, 0.1) is 18.1 Å². The van der Waals surface area contributed by atoms with Crippen LogP contribution in [-0.2, 0) is 23.1 Å². The van der Waals surface area contributed by atoms with E-state index < -0.39 is 5.97 Å². The van der Waals surface area contributed by atoms with Crippen molar-refractivity contribution in [2.75, 3.05) is 7.11 Å². The maximum atomic E-state index is 12.0. The number of rotatable bonds is 4. The second-order valence-corrected chi connectivity index (χ2v) is 5.15. The number of hydrogen-bond donors (Lipinski definition) is 1. The maximum absolute atomic E-state index is 12.0. The summed E-state index contributed by atoms with van der Waals surface area (Å²) in [6.07, 6.45) is 3.99. The molecule has 1 N–H and O–H groups in total. The fraction of sp³-hybridized carbons (Fsp3) is 0.429. The Labute approximate surface area is 116 Å². The molecule has 2 heterocycles. The van der Waals surface area contributed by atoms with Crippen LogP contribution in [0.25, 0.3) is 11.0 Å². The first kappa shape index (κ1) is 12.8. The quantitative estimate of drug-likeness (QED) is 0.848. The van der Waals surface area contributed by atoms with Gasteiger partial charge < -0.3 is 19.2 Å². The molecule has 2 aromatic rings. The van der Waals surface area contributed by atoms with Crippen LogP contribution in [0, 0.1) is 0 Å². The summed E-state index contributed by atoms with van der Waals surface area (Å²) in [6.45, 7) is 0.133. The smallest absolute Gasteiger partial charge is 0.354 e. The Morgan fingerprint density at radius 2 is 2.15 bits per heavy atom. The highest BCUT2D eigenvalue weighted by atomic mass is 16.5. The molecule has 3 rings (SSSR count). The van der Waals surface area contributed by atoms with Gasteiger partial charge in [0.2, 0.25) is 5.91 Å². The van der Waals surface area contributed by atoms with E-state index in [-0.39, 0.29) is 12.5 Å². The lowest BCUT2D eigenvalue weighted by Crippen LogP contribution is -2.30. The molecule has 0 saturated heterocycles. The molecule has 106 valence electrons. The lowest BCUT2D eigenvalue weighted by atomic mass is 10.4. The minimum atomic E-state index is -0.430. The molecular formula is C14H17N3O3. The van der Waals surface area contributed by atoms with Crippen molar-refractivity contribution in [3.05, 3.63) is 24.0 Å². The first-order valence-corrected chi connectivity index (χ1v) is 6.62. The van der Waals surface area contributed by atoms with E-state index in [1.54, 1.807) is 10.6 Å². The van der Waals surface area contributed by atoms with Crippen LogP contribution in [0.3, 0.4) is 0 Å². The highest BCUT2D eigenvalue weighted by Gasteiger charge is 2.25. The number of carbonyl (C=O) groups is 2. The molecule has 6 nitrogen and oxygen atoms in total. The first-order valence-electron chi connectivity index (χ1n) is 6.62. The Kier molecular flexibility index (Phi) is 3.00. The van der Waals surface area contributed by atoms with Gasteiger partial charge in [0.1, 0.15) is 12.2 Å². The number of aromatic nitrogens is 2. The molecule has 0 bridgehead atoms. The monoisotopic (exact) mass is 275 g/mol. The van der Waals surface area contributed by atoms with Crippen LogP contribution in [-0.4, -0.2) is 34.2 Å². The number of amides is 1. The topological polar surface area (TPSA) is 65.3 Å². The average Bonchev–Trinajstić information content (AvgIpc) is 3.05. The van der Waals surface area contributed by atoms with Gasteiger partial charge in [-0.15, -0.1) is 0 Å². The second-order valence-electron chi connectivity index (χ2n) is 5.15. The molecule has 0 aliphatic heterocycles. The van der Waals surface area contributed by atoms with Gasteiger partial charge in [0.25, 0.3) is 0 Å². The molecule has 1 aliphatic carbocycles. The largest absolute Gasteiger partial charge is 0.464 e. The predicted molar refractivity (Wildman–Crippen MR) is 73.4 cm³/mol. The van der Waals surface area contributed by atoms with Gasteiger partial charge >= 0.3 is 5.97 Å². The number of esters is 1. The lowest BCUT2D eigenvalue weighted by molar-refractivity contribution is -0.121. The van der Waals surface area contributed by atoms with E-state index in [2.05, 4.69) is 5.32 Å². The molecule has 1 amide bonds. The van der Waals surface area contributed by atoms with Crippen molar-refractivity contribution in [3.63, 3.8) is 0 Å². The van der Waals surface area contributed by atoms with Crippen molar-refractivity contribution >= 4 is 22.9 Å². The van der Waals surface area contributed by atoms with Gasteiger partial charge in [-0.05, 0) is 25.0 Å². The summed E-state index contributed by atoms with van der Waals surface area (Å²) >= 11 is 0. The Hall–Kier alpha value is -2.24. The van der Waals surface area contributed by atoms with Crippen LogP contribution in [0.1, 0.15) is 23.3 Å². The number of methoxy groups -OCH3 is 1.